The Bertz CT molecular complexity index is 210. The molecule has 0 fully saturated rings. The molecule has 0 spiro atoms. The molecule has 0 unspecified atom stereocenters. The molecule has 0 aromatic carbocycles. The standard InChI is InChI=1S/C8H16O8/c9-1-3(11)5(13)7(15)8(16)6(14)4(12)2-10/h1,3-8,10-16H,2H2/t3-,4+,5-,6+,7-,8-/m1/s1. The summed E-state index contributed by atoms with van der Waals surface area (Å²) in [5.74, 6) is 0. The van der Waals surface area contributed by atoms with E-state index in [0.29, 0.717) is 0 Å². The van der Waals surface area contributed by atoms with Crippen molar-refractivity contribution in [3.63, 3.8) is 0 Å². The fourth-order valence-corrected chi connectivity index (χ4v) is 1.02. The highest BCUT2D eigenvalue weighted by atomic mass is 16.4. The molecule has 96 valence electrons. The fraction of sp³-hybridized carbons (Fsp3) is 0.875. The molecule has 0 bridgehead atoms. The predicted molar refractivity (Wildman–Crippen MR) is 49.2 cm³/mol. The molecule has 7 N–H and O–H groups in total. The van der Waals surface area contributed by atoms with Crippen LogP contribution in [0.4, 0.5) is 0 Å². The van der Waals surface area contributed by atoms with Crippen LogP contribution >= 0.6 is 0 Å². The van der Waals surface area contributed by atoms with Gasteiger partial charge in [-0.15, -0.1) is 0 Å². The van der Waals surface area contributed by atoms with Gasteiger partial charge in [0, 0.05) is 0 Å². The van der Waals surface area contributed by atoms with Gasteiger partial charge in [-0.2, -0.15) is 0 Å². The van der Waals surface area contributed by atoms with Crippen LogP contribution in [0.25, 0.3) is 0 Å². The minimum absolute atomic E-state index is 0.0601. The fourth-order valence-electron chi connectivity index (χ4n) is 1.02. The van der Waals surface area contributed by atoms with E-state index in [1.54, 1.807) is 0 Å². The Morgan fingerprint density at radius 1 is 0.812 bits per heavy atom. The van der Waals surface area contributed by atoms with Crippen LogP contribution in [0.5, 0.6) is 0 Å². The van der Waals surface area contributed by atoms with Crippen molar-refractivity contribution < 1.29 is 40.5 Å². The Morgan fingerprint density at radius 3 is 1.62 bits per heavy atom. The summed E-state index contributed by atoms with van der Waals surface area (Å²) in [4.78, 5) is 10.1. The van der Waals surface area contributed by atoms with Gasteiger partial charge in [0.25, 0.3) is 0 Å². The van der Waals surface area contributed by atoms with E-state index >= 15 is 0 Å². The Hall–Kier alpha value is -0.610. The van der Waals surface area contributed by atoms with Crippen molar-refractivity contribution in [2.24, 2.45) is 0 Å². The average molecular weight is 240 g/mol. The van der Waals surface area contributed by atoms with Gasteiger partial charge in [0.15, 0.2) is 6.29 Å². The normalized spacial score (nSPS) is 22.9. The highest BCUT2D eigenvalue weighted by Gasteiger charge is 2.36. The summed E-state index contributed by atoms with van der Waals surface area (Å²) in [5, 5.41) is 63.0. The molecule has 0 saturated heterocycles. The first-order valence-corrected chi connectivity index (χ1v) is 4.51. The molecule has 0 saturated carbocycles. The van der Waals surface area contributed by atoms with E-state index in [1.807, 2.05) is 0 Å². The second kappa shape index (κ2) is 6.86. The molecule has 0 aromatic heterocycles. The van der Waals surface area contributed by atoms with Crippen LogP contribution < -0.4 is 0 Å². The average Bonchev–Trinajstić information content (AvgIpc) is 2.32. The molecule has 0 heterocycles. The van der Waals surface area contributed by atoms with Crippen molar-refractivity contribution in [2.75, 3.05) is 6.61 Å². The lowest BCUT2D eigenvalue weighted by Gasteiger charge is -2.29. The van der Waals surface area contributed by atoms with Crippen LogP contribution in [-0.2, 0) is 4.79 Å². The highest BCUT2D eigenvalue weighted by Crippen LogP contribution is 2.10. The minimum Gasteiger partial charge on any atom is -0.394 e. The molecule has 0 amide bonds. The van der Waals surface area contributed by atoms with Gasteiger partial charge in [0.2, 0.25) is 0 Å². The third-order valence-electron chi connectivity index (χ3n) is 2.12. The summed E-state index contributed by atoms with van der Waals surface area (Å²) >= 11 is 0. The van der Waals surface area contributed by atoms with Crippen molar-refractivity contribution in [1.29, 1.82) is 0 Å². The SMILES string of the molecule is O=C[C@@H](O)[C@@H](O)[C@@H](O)[C@H](O)[C@@H](O)[C@@H](O)CO. The number of carbonyl (C=O) groups is 1. The third-order valence-corrected chi connectivity index (χ3v) is 2.12. The molecule has 16 heavy (non-hydrogen) atoms. The molecule has 0 rings (SSSR count). The number of hydrogen-bond acceptors (Lipinski definition) is 8. The maximum absolute atomic E-state index is 10.1. The molecular weight excluding hydrogens is 224 g/mol. The number of carbonyl (C=O) groups excluding carboxylic acids is 1. The Kier molecular flexibility index (Phi) is 6.60. The van der Waals surface area contributed by atoms with E-state index in [4.69, 9.17) is 25.5 Å². The van der Waals surface area contributed by atoms with Gasteiger partial charge in [-0.1, -0.05) is 0 Å². The minimum atomic E-state index is -2.05. The zero-order valence-electron chi connectivity index (χ0n) is 8.29. The van der Waals surface area contributed by atoms with E-state index < -0.39 is 43.2 Å². The lowest BCUT2D eigenvalue weighted by atomic mass is 9.97. The lowest BCUT2D eigenvalue weighted by molar-refractivity contribution is -0.159. The van der Waals surface area contributed by atoms with Gasteiger partial charge in [-0.25, -0.2) is 0 Å². The van der Waals surface area contributed by atoms with Crippen molar-refractivity contribution in [3.05, 3.63) is 0 Å². The van der Waals surface area contributed by atoms with Gasteiger partial charge in [-0.05, 0) is 0 Å². The van der Waals surface area contributed by atoms with Gasteiger partial charge in [-0.3, -0.25) is 0 Å². The van der Waals surface area contributed by atoms with Crippen molar-refractivity contribution >= 4 is 6.29 Å². The topological polar surface area (TPSA) is 159 Å². The third kappa shape index (κ3) is 3.76. The summed E-state index contributed by atoms with van der Waals surface area (Å²) in [6.07, 6.45) is -11.7. The monoisotopic (exact) mass is 240 g/mol. The number of hydrogen-bond donors (Lipinski definition) is 7. The molecule has 8 heteroatoms. The number of aliphatic hydroxyl groups excluding tert-OH is 7. The maximum atomic E-state index is 10.1. The van der Waals surface area contributed by atoms with Crippen LogP contribution in [0.2, 0.25) is 0 Å². The first-order valence-electron chi connectivity index (χ1n) is 4.51. The zero-order valence-corrected chi connectivity index (χ0v) is 8.29. The molecule has 6 atom stereocenters. The van der Waals surface area contributed by atoms with E-state index in [0.717, 1.165) is 0 Å². The molecule has 0 aromatic rings. The van der Waals surface area contributed by atoms with Crippen molar-refractivity contribution in [3.8, 4) is 0 Å². The van der Waals surface area contributed by atoms with Gasteiger partial charge in [0.05, 0.1) is 6.61 Å². The van der Waals surface area contributed by atoms with Crippen LogP contribution in [0.15, 0.2) is 0 Å². The number of aldehydes is 1. The molecule has 0 aliphatic carbocycles. The van der Waals surface area contributed by atoms with Crippen LogP contribution in [0.1, 0.15) is 0 Å². The predicted octanol–water partition coefficient (Wildman–Crippen LogP) is -4.66. The summed E-state index contributed by atoms with van der Waals surface area (Å²) in [7, 11) is 0. The molecule has 0 radical (unpaired) electrons. The van der Waals surface area contributed by atoms with E-state index in [9.17, 15) is 15.0 Å². The van der Waals surface area contributed by atoms with Crippen LogP contribution in [-0.4, -0.2) is 85.3 Å². The second-order valence-electron chi connectivity index (χ2n) is 3.34. The summed E-state index contributed by atoms with van der Waals surface area (Å²) in [6, 6.07) is 0. The molecule has 0 aliphatic rings. The van der Waals surface area contributed by atoms with Gasteiger partial charge >= 0.3 is 0 Å². The zero-order chi connectivity index (χ0) is 12.9. The van der Waals surface area contributed by atoms with Crippen LogP contribution in [0, 0.1) is 0 Å². The van der Waals surface area contributed by atoms with Crippen molar-refractivity contribution in [1.82, 2.24) is 0 Å². The Morgan fingerprint density at radius 2 is 1.25 bits per heavy atom. The maximum Gasteiger partial charge on any atom is 0.151 e. The first-order chi connectivity index (χ1) is 7.36. The Balaban J connectivity index is 4.47. The smallest absolute Gasteiger partial charge is 0.151 e. The first kappa shape index (κ1) is 15.4. The summed E-state index contributed by atoms with van der Waals surface area (Å²) < 4.78 is 0. The molecule has 0 aliphatic heterocycles. The van der Waals surface area contributed by atoms with E-state index in [-0.39, 0.29) is 6.29 Å². The lowest BCUT2D eigenvalue weighted by Crippen LogP contribution is -2.53. The van der Waals surface area contributed by atoms with Crippen molar-refractivity contribution in [2.45, 2.75) is 36.6 Å². The Labute approximate surface area is 91.0 Å². The quantitative estimate of drug-likeness (QED) is 0.219. The van der Waals surface area contributed by atoms with Gasteiger partial charge < -0.3 is 40.5 Å². The van der Waals surface area contributed by atoms with E-state index in [1.165, 1.54) is 0 Å². The highest BCUT2D eigenvalue weighted by molar-refractivity contribution is 5.56. The summed E-state index contributed by atoms with van der Waals surface area (Å²) in [5.41, 5.74) is 0. The number of rotatable bonds is 7. The molecular formula is C8H16O8. The largest absolute Gasteiger partial charge is 0.394 e. The summed E-state index contributed by atoms with van der Waals surface area (Å²) in [6.45, 7) is -0.864. The van der Waals surface area contributed by atoms with Gasteiger partial charge in [0.1, 0.15) is 36.6 Å². The van der Waals surface area contributed by atoms with Crippen LogP contribution in [0.3, 0.4) is 0 Å². The van der Waals surface area contributed by atoms with E-state index in [2.05, 4.69) is 0 Å². The second-order valence-corrected chi connectivity index (χ2v) is 3.34. The number of aliphatic hydroxyl groups is 7. The molecule has 8 nitrogen and oxygen atoms in total.